The van der Waals surface area contributed by atoms with Gasteiger partial charge in [-0.25, -0.2) is 9.13 Å². The number of phosphoric ester groups is 2. The fourth-order valence-electron chi connectivity index (χ4n) is 9.58. The van der Waals surface area contributed by atoms with Crippen LogP contribution in [0.2, 0.25) is 0 Å². The van der Waals surface area contributed by atoms with E-state index in [1.807, 2.05) is 0 Å². The Kier molecular flexibility index (Phi) is 56.4. The van der Waals surface area contributed by atoms with E-state index in [0.717, 1.165) is 102 Å². The Balaban J connectivity index is 5.03. The molecule has 83 heavy (non-hydrogen) atoms. The molecule has 0 aliphatic carbocycles. The van der Waals surface area contributed by atoms with Gasteiger partial charge in [-0.05, 0) is 31.6 Å². The van der Waals surface area contributed by atoms with Crippen LogP contribution in [0.15, 0.2) is 0 Å². The molecule has 0 aliphatic rings. The zero-order valence-corrected chi connectivity index (χ0v) is 55.1. The molecule has 492 valence electrons. The van der Waals surface area contributed by atoms with Crippen LogP contribution >= 0.6 is 15.6 Å². The summed E-state index contributed by atoms with van der Waals surface area (Å²) in [7, 11) is -9.86. The smallest absolute Gasteiger partial charge is 0.462 e. The zero-order chi connectivity index (χ0) is 61.3. The Labute approximate surface area is 505 Å². The van der Waals surface area contributed by atoms with Crippen molar-refractivity contribution in [2.45, 2.75) is 342 Å². The third kappa shape index (κ3) is 58.8. The summed E-state index contributed by atoms with van der Waals surface area (Å²) in [5.41, 5.74) is 0. The summed E-state index contributed by atoms with van der Waals surface area (Å²) in [6, 6.07) is 0. The maximum atomic E-state index is 13.0. The third-order valence-electron chi connectivity index (χ3n) is 14.8. The van der Waals surface area contributed by atoms with Crippen LogP contribution < -0.4 is 0 Å². The van der Waals surface area contributed by atoms with Gasteiger partial charge in [0, 0.05) is 25.7 Å². The molecule has 0 aromatic carbocycles. The first-order chi connectivity index (χ1) is 40.0. The summed E-state index contributed by atoms with van der Waals surface area (Å²) in [5.74, 6) is -1.41. The summed E-state index contributed by atoms with van der Waals surface area (Å²) in [5, 5.41) is 10.5. The molecule has 0 aromatic rings. The normalized spacial score (nSPS) is 14.2. The zero-order valence-electron chi connectivity index (χ0n) is 53.3. The molecule has 2 unspecified atom stereocenters. The highest BCUT2D eigenvalue weighted by molar-refractivity contribution is 7.47. The Morgan fingerprint density at radius 2 is 0.554 bits per heavy atom. The van der Waals surface area contributed by atoms with Gasteiger partial charge in [0.25, 0.3) is 0 Å². The summed E-state index contributed by atoms with van der Waals surface area (Å²) in [4.78, 5) is 71.6. The van der Waals surface area contributed by atoms with Crippen LogP contribution in [0.4, 0.5) is 0 Å². The number of aliphatic hydroxyl groups is 1. The van der Waals surface area contributed by atoms with Crippen molar-refractivity contribution in [2.75, 3.05) is 39.6 Å². The molecular formula is C64H124O17P2. The number of hydrogen-bond acceptors (Lipinski definition) is 15. The van der Waals surface area contributed by atoms with Gasteiger partial charge >= 0.3 is 39.5 Å². The molecule has 3 N–H and O–H groups in total. The van der Waals surface area contributed by atoms with Crippen LogP contribution in [0, 0.1) is 5.92 Å². The van der Waals surface area contributed by atoms with E-state index in [-0.39, 0.29) is 25.7 Å². The van der Waals surface area contributed by atoms with E-state index in [9.17, 15) is 43.2 Å². The molecule has 0 rings (SSSR count). The number of hydrogen-bond donors (Lipinski definition) is 3. The quantitative estimate of drug-likeness (QED) is 0.0222. The van der Waals surface area contributed by atoms with Gasteiger partial charge in [-0.1, -0.05) is 272 Å². The lowest BCUT2D eigenvalue weighted by atomic mass is 10.0. The van der Waals surface area contributed by atoms with Crippen LogP contribution in [0.25, 0.3) is 0 Å². The average Bonchev–Trinajstić information content (AvgIpc) is 3.47. The second kappa shape index (κ2) is 57.8. The lowest BCUT2D eigenvalue weighted by Gasteiger charge is -2.21. The van der Waals surface area contributed by atoms with Gasteiger partial charge < -0.3 is 33.8 Å². The number of unbranched alkanes of at least 4 members (excludes halogenated alkanes) is 36. The molecule has 0 bridgehead atoms. The van der Waals surface area contributed by atoms with Gasteiger partial charge in [0.2, 0.25) is 0 Å². The molecule has 0 amide bonds. The van der Waals surface area contributed by atoms with E-state index in [0.29, 0.717) is 25.7 Å². The summed E-state index contributed by atoms with van der Waals surface area (Å²) < 4.78 is 67.5. The fraction of sp³-hybridized carbons (Fsp3) is 0.938. The lowest BCUT2D eigenvalue weighted by molar-refractivity contribution is -0.161. The van der Waals surface area contributed by atoms with Gasteiger partial charge in [-0.2, -0.15) is 0 Å². The van der Waals surface area contributed by atoms with Crippen LogP contribution in [0.5, 0.6) is 0 Å². The second-order valence-corrected chi connectivity index (χ2v) is 26.5. The van der Waals surface area contributed by atoms with Crippen molar-refractivity contribution < 1.29 is 80.2 Å². The minimum atomic E-state index is -4.94. The summed E-state index contributed by atoms with van der Waals surface area (Å²) in [6.07, 6.45) is 42.8. The van der Waals surface area contributed by atoms with Crippen molar-refractivity contribution in [3.63, 3.8) is 0 Å². The standard InChI is InChI=1S/C64H124O17P2/c1-6-9-12-15-16-17-18-19-20-21-22-23-24-25-26-27-28-31-35-40-45-50-64(69)81-60(54-75-62(67)48-43-39-34-32-29-30-33-38-41-46-57(4)5)56-79-83(72,73)77-52-58(65)51-76-82(70,71)78-55-59(80-63(68)49-44-37-14-11-8-3)53-74-61(66)47-42-36-13-10-7-2/h57-60,65H,6-56H2,1-5H3,(H,70,71)(H,72,73)/t58-,59+,60+/m0/s1. The lowest BCUT2D eigenvalue weighted by Crippen LogP contribution is -2.30. The molecule has 0 fully saturated rings. The predicted molar refractivity (Wildman–Crippen MR) is 331 cm³/mol. The number of carbonyl (C=O) groups is 4. The first-order valence-corrected chi connectivity index (χ1v) is 36.6. The Morgan fingerprint density at radius 3 is 0.819 bits per heavy atom. The van der Waals surface area contributed by atoms with E-state index in [2.05, 4.69) is 34.6 Å². The van der Waals surface area contributed by atoms with Crippen molar-refractivity contribution >= 4 is 39.5 Å². The van der Waals surface area contributed by atoms with Crippen molar-refractivity contribution in [1.82, 2.24) is 0 Å². The molecule has 0 radical (unpaired) electrons. The number of ether oxygens (including phenoxy) is 4. The molecule has 0 aliphatic heterocycles. The first-order valence-electron chi connectivity index (χ1n) is 33.6. The maximum Gasteiger partial charge on any atom is 0.472 e. The van der Waals surface area contributed by atoms with E-state index in [4.69, 9.17) is 37.0 Å². The fourth-order valence-corrected chi connectivity index (χ4v) is 11.2. The second-order valence-electron chi connectivity index (χ2n) is 23.6. The van der Waals surface area contributed by atoms with Crippen molar-refractivity contribution in [3.8, 4) is 0 Å². The van der Waals surface area contributed by atoms with Gasteiger partial charge in [0.05, 0.1) is 26.4 Å². The Bertz CT molecular complexity index is 1620. The van der Waals surface area contributed by atoms with Crippen LogP contribution in [-0.4, -0.2) is 96.7 Å². The van der Waals surface area contributed by atoms with Crippen LogP contribution in [0.3, 0.4) is 0 Å². The molecule has 0 saturated carbocycles. The number of phosphoric acid groups is 2. The maximum absolute atomic E-state index is 13.0. The number of aliphatic hydroxyl groups excluding tert-OH is 1. The molecule has 17 nitrogen and oxygen atoms in total. The van der Waals surface area contributed by atoms with Crippen molar-refractivity contribution in [3.05, 3.63) is 0 Å². The van der Waals surface area contributed by atoms with Gasteiger partial charge in [-0.3, -0.25) is 37.3 Å². The van der Waals surface area contributed by atoms with Crippen LogP contribution in [-0.2, 0) is 65.4 Å². The van der Waals surface area contributed by atoms with E-state index in [1.165, 1.54) is 141 Å². The predicted octanol–water partition coefficient (Wildman–Crippen LogP) is 17.8. The van der Waals surface area contributed by atoms with E-state index < -0.39 is 97.5 Å². The monoisotopic (exact) mass is 1230 g/mol. The molecule has 0 heterocycles. The largest absolute Gasteiger partial charge is 0.472 e. The topological polar surface area (TPSA) is 237 Å². The highest BCUT2D eigenvalue weighted by Gasteiger charge is 2.30. The Hall–Kier alpha value is -1.94. The minimum Gasteiger partial charge on any atom is -0.462 e. The Morgan fingerprint density at radius 1 is 0.325 bits per heavy atom. The third-order valence-corrected chi connectivity index (χ3v) is 16.7. The number of esters is 4. The molecule has 5 atom stereocenters. The van der Waals surface area contributed by atoms with Gasteiger partial charge in [0.1, 0.15) is 19.3 Å². The average molecular weight is 1230 g/mol. The van der Waals surface area contributed by atoms with Crippen LogP contribution in [0.1, 0.15) is 324 Å². The number of carbonyl (C=O) groups excluding carboxylic acids is 4. The number of rotatable bonds is 64. The van der Waals surface area contributed by atoms with E-state index >= 15 is 0 Å². The molecule has 0 aromatic heterocycles. The minimum absolute atomic E-state index is 0.0989. The highest BCUT2D eigenvalue weighted by Crippen LogP contribution is 2.45. The molecule has 0 spiro atoms. The SMILES string of the molecule is CCCCCCCCCCCCCCCCCCCCCCCC(=O)O[C@H](COC(=O)CCCCCCCCCCCC(C)C)COP(=O)(O)OC[C@@H](O)COP(=O)(O)OC[C@@H](COC(=O)CCCCCCC)OC(=O)CCCCCCC. The molecule has 0 saturated heterocycles. The summed E-state index contributed by atoms with van der Waals surface area (Å²) in [6.45, 7) is 6.99. The van der Waals surface area contributed by atoms with Crippen molar-refractivity contribution in [2.24, 2.45) is 5.92 Å². The highest BCUT2D eigenvalue weighted by atomic mass is 31.2. The van der Waals surface area contributed by atoms with E-state index in [1.54, 1.807) is 0 Å². The molecule has 19 heteroatoms. The van der Waals surface area contributed by atoms with Crippen molar-refractivity contribution in [1.29, 1.82) is 0 Å². The summed E-state index contributed by atoms with van der Waals surface area (Å²) >= 11 is 0. The van der Waals surface area contributed by atoms with Gasteiger partial charge in [-0.15, -0.1) is 0 Å². The van der Waals surface area contributed by atoms with Gasteiger partial charge in [0.15, 0.2) is 12.2 Å². The molecular weight excluding hydrogens is 1100 g/mol. The first kappa shape index (κ1) is 81.1.